The highest BCUT2D eigenvalue weighted by molar-refractivity contribution is 9.09. The summed E-state index contributed by atoms with van der Waals surface area (Å²) in [6.45, 7) is 0. The van der Waals surface area contributed by atoms with E-state index in [2.05, 4.69) is 22.0 Å². The molecule has 0 bridgehead atoms. The van der Waals surface area contributed by atoms with E-state index < -0.39 is 0 Å². The Kier molecular flexibility index (Phi) is 2.26. The SMILES string of the molecule is Clc1ccc(C2CC2CBr)s1. The molecule has 2 atom stereocenters. The second-order valence-electron chi connectivity index (χ2n) is 2.90. The lowest BCUT2D eigenvalue weighted by molar-refractivity contribution is 0.950. The number of alkyl halides is 1. The first-order valence-corrected chi connectivity index (χ1v) is 5.94. The van der Waals surface area contributed by atoms with E-state index in [1.54, 1.807) is 11.3 Å². The fourth-order valence-corrected chi connectivity index (χ4v) is 3.28. The van der Waals surface area contributed by atoms with E-state index >= 15 is 0 Å². The quantitative estimate of drug-likeness (QED) is 0.700. The van der Waals surface area contributed by atoms with Gasteiger partial charge in [-0.05, 0) is 30.4 Å². The third-order valence-electron chi connectivity index (χ3n) is 2.08. The van der Waals surface area contributed by atoms with Crippen molar-refractivity contribution in [2.75, 3.05) is 5.33 Å². The van der Waals surface area contributed by atoms with Crippen LogP contribution in [0.15, 0.2) is 12.1 Å². The van der Waals surface area contributed by atoms with Gasteiger partial charge >= 0.3 is 0 Å². The van der Waals surface area contributed by atoms with Gasteiger partial charge in [-0.1, -0.05) is 27.5 Å². The van der Waals surface area contributed by atoms with Crippen LogP contribution in [0, 0.1) is 5.92 Å². The molecule has 1 aliphatic rings. The number of thiophene rings is 1. The Morgan fingerprint density at radius 1 is 1.64 bits per heavy atom. The van der Waals surface area contributed by atoms with Crippen molar-refractivity contribution in [3.8, 4) is 0 Å². The van der Waals surface area contributed by atoms with E-state index in [0.29, 0.717) is 0 Å². The van der Waals surface area contributed by atoms with E-state index in [0.717, 1.165) is 21.5 Å². The maximum atomic E-state index is 5.83. The van der Waals surface area contributed by atoms with Crippen molar-refractivity contribution >= 4 is 38.9 Å². The third kappa shape index (κ3) is 1.63. The number of halogens is 2. The van der Waals surface area contributed by atoms with Crippen molar-refractivity contribution < 1.29 is 0 Å². The number of hydrogen-bond acceptors (Lipinski definition) is 1. The lowest BCUT2D eigenvalue weighted by Gasteiger charge is -1.89. The Hall–Kier alpha value is 0.470. The maximum absolute atomic E-state index is 5.83. The predicted octanol–water partition coefficient (Wildman–Crippen LogP) is 3.90. The van der Waals surface area contributed by atoms with Crippen molar-refractivity contribution in [1.29, 1.82) is 0 Å². The van der Waals surface area contributed by atoms with E-state index in [1.165, 1.54) is 11.3 Å². The summed E-state index contributed by atoms with van der Waals surface area (Å²) in [5.41, 5.74) is 0. The molecule has 1 fully saturated rings. The van der Waals surface area contributed by atoms with Crippen LogP contribution >= 0.6 is 38.9 Å². The number of hydrogen-bond donors (Lipinski definition) is 0. The van der Waals surface area contributed by atoms with Gasteiger partial charge in [0.05, 0.1) is 4.34 Å². The summed E-state index contributed by atoms with van der Waals surface area (Å²) >= 11 is 11.0. The standard InChI is InChI=1S/C8H8BrClS/c9-4-5-3-6(5)7-1-2-8(10)11-7/h1-2,5-6H,3-4H2. The van der Waals surface area contributed by atoms with E-state index in [1.807, 2.05) is 6.07 Å². The highest BCUT2D eigenvalue weighted by Crippen LogP contribution is 2.50. The second-order valence-corrected chi connectivity index (χ2v) is 5.29. The molecule has 0 radical (unpaired) electrons. The molecule has 2 rings (SSSR count). The highest BCUT2D eigenvalue weighted by atomic mass is 79.9. The van der Waals surface area contributed by atoms with Crippen molar-refractivity contribution in [3.05, 3.63) is 21.3 Å². The number of rotatable bonds is 2. The predicted molar refractivity (Wildman–Crippen MR) is 54.0 cm³/mol. The fourth-order valence-electron chi connectivity index (χ4n) is 1.29. The Balaban J connectivity index is 2.08. The minimum absolute atomic E-state index is 0.798. The molecule has 2 unspecified atom stereocenters. The average Bonchev–Trinajstić information content (AvgIpc) is 2.68. The van der Waals surface area contributed by atoms with E-state index in [4.69, 9.17) is 11.6 Å². The van der Waals surface area contributed by atoms with Crippen LogP contribution in [0.4, 0.5) is 0 Å². The molecular formula is C8H8BrClS. The molecule has 1 aromatic rings. The smallest absolute Gasteiger partial charge is 0.0931 e. The molecule has 3 heteroatoms. The molecular weight excluding hydrogens is 244 g/mol. The van der Waals surface area contributed by atoms with Gasteiger partial charge in [-0.25, -0.2) is 0 Å². The van der Waals surface area contributed by atoms with Gasteiger partial charge in [0.25, 0.3) is 0 Å². The van der Waals surface area contributed by atoms with Gasteiger partial charge in [-0.15, -0.1) is 11.3 Å². The van der Waals surface area contributed by atoms with Crippen molar-refractivity contribution in [3.63, 3.8) is 0 Å². The van der Waals surface area contributed by atoms with E-state index in [9.17, 15) is 0 Å². The molecule has 0 spiro atoms. The zero-order valence-corrected chi connectivity index (χ0v) is 9.05. The summed E-state index contributed by atoms with van der Waals surface area (Å²) in [5.74, 6) is 1.66. The van der Waals surface area contributed by atoms with Crippen molar-refractivity contribution in [1.82, 2.24) is 0 Å². The van der Waals surface area contributed by atoms with Crippen LogP contribution in [0.3, 0.4) is 0 Å². The molecule has 1 aliphatic carbocycles. The van der Waals surface area contributed by atoms with Gasteiger partial charge in [-0.2, -0.15) is 0 Å². The third-order valence-corrected chi connectivity index (χ3v) is 4.27. The molecule has 0 nitrogen and oxygen atoms in total. The minimum Gasteiger partial charge on any atom is -0.128 e. The Labute approximate surface area is 83.7 Å². The Morgan fingerprint density at radius 2 is 2.45 bits per heavy atom. The molecule has 1 heterocycles. The van der Waals surface area contributed by atoms with Gasteiger partial charge in [0.2, 0.25) is 0 Å². The van der Waals surface area contributed by atoms with Crippen LogP contribution in [0.1, 0.15) is 17.2 Å². The molecule has 1 saturated carbocycles. The van der Waals surface area contributed by atoms with Gasteiger partial charge in [0, 0.05) is 10.2 Å². The Bertz CT molecular complexity index is 258. The Morgan fingerprint density at radius 3 is 2.91 bits per heavy atom. The van der Waals surface area contributed by atoms with Crippen LogP contribution in [0.2, 0.25) is 4.34 Å². The van der Waals surface area contributed by atoms with Gasteiger partial charge < -0.3 is 0 Å². The molecule has 0 aromatic carbocycles. The van der Waals surface area contributed by atoms with Gasteiger partial charge in [0.1, 0.15) is 0 Å². The van der Waals surface area contributed by atoms with Crippen LogP contribution in [0.5, 0.6) is 0 Å². The van der Waals surface area contributed by atoms with Gasteiger partial charge in [-0.3, -0.25) is 0 Å². The molecule has 11 heavy (non-hydrogen) atoms. The zero-order chi connectivity index (χ0) is 7.84. The zero-order valence-electron chi connectivity index (χ0n) is 5.89. The molecule has 1 aromatic heterocycles. The van der Waals surface area contributed by atoms with Gasteiger partial charge in [0.15, 0.2) is 0 Å². The topological polar surface area (TPSA) is 0 Å². The summed E-state index contributed by atoms with van der Waals surface area (Å²) in [4.78, 5) is 1.46. The van der Waals surface area contributed by atoms with Crippen molar-refractivity contribution in [2.45, 2.75) is 12.3 Å². The first-order valence-electron chi connectivity index (χ1n) is 3.62. The summed E-state index contributed by atoms with van der Waals surface area (Å²) < 4.78 is 0.917. The highest BCUT2D eigenvalue weighted by Gasteiger charge is 2.37. The first-order chi connectivity index (χ1) is 5.31. The average molecular weight is 252 g/mol. The van der Waals surface area contributed by atoms with Crippen LogP contribution in [-0.2, 0) is 0 Å². The summed E-state index contributed by atoms with van der Waals surface area (Å²) in [5, 5.41) is 1.13. The monoisotopic (exact) mass is 250 g/mol. The summed E-state index contributed by atoms with van der Waals surface area (Å²) in [6, 6.07) is 4.14. The summed E-state index contributed by atoms with van der Waals surface area (Å²) in [7, 11) is 0. The van der Waals surface area contributed by atoms with Crippen LogP contribution in [0.25, 0.3) is 0 Å². The van der Waals surface area contributed by atoms with Crippen molar-refractivity contribution in [2.24, 2.45) is 5.92 Å². The first kappa shape index (κ1) is 8.09. The lowest BCUT2D eigenvalue weighted by Crippen LogP contribution is -1.78. The fraction of sp³-hybridized carbons (Fsp3) is 0.500. The molecule has 60 valence electrons. The largest absolute Gasteiger partial charge is 0.128 e. The van der Waals surface area contributed by atoms with Crippen LogP contribution in [-0.4, -0.2) is 5.33 Å². The molecule has 0 aliphatic heterocycles. The van der Waals surface area contributed by atoms with E-state index in [-0.39, 0.29) is 0 Å². The maximum Gasteiger partial charge on any atom is 0.0931 e. The molecule has 0 N–H and O–H groups in total. The minimum atomic E-state index is 0.798. The second kappa shape index (κ2) is 3.08. The lowest BCUT2D eigenvalue weighted by atomic mass is 10.3. The summed E-state index contributed by atoms with van der Waals surface area (Å²) in [6.07, 6.45) is 1.34. The van der Waals surface area contributed by atoms with Crippen LogP contribution < -0.4 is 0 Å². The normalized spacial score (nSPS) is 28.9. The molecule has 0 amide bonds. The molecule has 0 saturated heterocycles.